The Hall–Kier alpha value is -3.04. The van der Waals surface area contributed by atoms with Gasteiger partial charge in [0.05, 0.1) is 5.69 Å². The number of hydrogen-bond acceptors (Lipinski definition) is 5. The van der Waals surface area contributed by atoms with Crippen LogP contribution in [0.15, 0.2) is 24.3 Å². The van der Waals surface area contributed by atoms with Crippen molar-refractivity contribution in [1.29, 1.82) is 0 Å². The van der Waals surface area contributed by atoms with Crippen molar-refractivity contribution in [2.75, 3.05) is 47.8 Å². The predicted molar refractivity (Wildman–Crippen MR) is 112 cm³/mol. The number of nitrogens with zero attached hydrogens (tertiary/aromatic N) is 5. The monoisotopic (exact) mass is 434 g/mol. The topological polar surface area (TPSA) is 64.6 Å². The lowest BCUT2D eigenvalue weighted by molar-refractivity contribution is 0.208. The Kier molecular flexibility index (Phi) is 6.15. The molecule has 4 rings (SSSR count). The molecule has 7 nitrogen and oxygen atoms in total. The van der Waals surface area contributed by atoms with Gasteiger partial charge in [-0.25, -0.2) is 18.0 Å². The van der Waals surface area contributed by atoms with Crippen molar-refractivity contribution >= 4 is 23.4 Å². The van der Waals surface area contributed by atoms with Gasteiger partial charge >= 0.3 is 6.03 Å². The first kappa shape index (κ1) is 21.2. The van der Waals surface area contributed by atoms with Gasteiger partial charge in [-0.2, -0.15) is 0 Å². The molecule has 2 amide bonds. The summed E-state index contributed by atoms with van der Waals surface area (Å²) in [6, 6.07) is 5.59. The van der Waals surface area contributed by atoms with Crippen LogP contribution in [-0.4, -0.2) is 59.9 Å². The first-order valence-corrected chi connectivity index (χ1v) is 10.5. The van der Waals surface area contributed by atoms with Gasteiger partial charge in [-0.3, -0.25) is 0 Å². The van der Waals surface area contributed by atoms with Crippen LogP contribution < -0.4 is 15.1 Å². The molecular weight excluding hydrogens is 409 g/mol. The number of aromatic nitrogens is 2. The Labute approximate surface area is 178 Å². The highest BCUT2D eigenvalue weighted by Gasteiger charge is 2.25. The molecule has 1 N–H and O–H groups in total. The third kappa shape index (κ3) is 4.52. The smallest absolute Gasteiger partial charge is 0.322 e. The number of benzene rings is 1. The average molecular weight is 434 g/mol. The number of piperazine rings is 1. The van der Waals surface area contributed by atoms with Crippen molar-refractivity contribution in [3.8, 4) is 0 Å². The van der Waals surface area contributed by atoms with Crippen LogP contribution in [0, 0.1) is 17.5 Å². The number of halogens is 3. The number of nitrogens with one attached hydrogen (secondary N) is 1. The molecular formula is C21H25F3N6O. The summed E-state index contributed by atoms with van der Waals surface area (Å²) in [6.45, 7) is 5.00. The Bertz CT molecular complexity index is 933. The molecule has 2 fully saturated rings. The van der Waals surface area contributed by atoms with Crippen LogP contribution in [0.2, 0.25) is 0 Å². The Morgan fingerprint density at radius 1 is 0.935 bits per heavy atom. The van der Waals surface area contributed by atoms with Gasteiger partial charge in [0.2, 0.25) is 0 Å². The van der Waals surface area contributed by atoms with E-state index in [-0.39, 0.29) is 5.69 Å². The molecule has 2 aliphatic heterocycles. The summed E-state index contributed by atoms with van der Waals surface area (Å²) in [5.41, 5.74) is -0.389. The van der Waals surface area contributed by atoms with E-state index in [1.807, 2.05) is 17.0 Å². The number of hydrogen-bond donors (Lipinski definition) is 1. The number of amides is 2. The molecule has 2 aliphatic rings. The molecule has 0 radical (unpaired) electrons. The summed E-state index contributed by atoms with van der Waals surface area (Å²) in [6.07, 6.45) is 3.55. The predicted octanol–water partition coefficient (Wildman–Crippen LogP) is 3.63. The van der Waals surface area contributed by atoms with Crippen molar-refractivity contribution in [1.82, 2.24) is 15.1 Å². The molecule has 0 bridgehead atoms. The quantitative estimate of drug-likeness (QED) is 0.748. The molecule has 1 atom stereocenters. The zero-order valence-corrected chi connectivity index (χ0v) is 17.3. The fourth-order valence-electron chi connectivity index (χ4n) is 4.03. The van der Waals surface area contributed by atoms with E-state index in [1.54, 1.807) is 0 Å². The second-order valence-electron chi connectivity index (χ2n) is 7.92. The van der Waals surface area contributed by atoms with Crippen LogP contribution in [0.1, 0.15) is 26.2 Å². The third-order valence-corrected chi connectivity index (χ3v) is 5.90. The first-order valence-electron chi connectivity index (χ1n) is 10.5. The Morgan fingerprint density at radius 3 is 2.32 bits per heavy atom. The molecule has 166 valence electrons. The molecule has 2 saturated heterocycles. The molecule has 0 saturated carbocycles. The van der Waals surface area contributed by atoms with E-state index in [9.17, 15) is 18.0 Å². The molecule has 2 aromatic rings. The van der Waals surface area contributed by atoms with E-state index >= 15 is 0 Å². The molecule has 1 aromatic carbocycles. The fraction of sp³-hybridized carbons (Fsp3) is 0.476. The summed E-state index contributed by atoms with van der Waals surface area (Å²) in [7, 11) is 0. The maximum absolute atomic E-state index is 13.8. The molecule has 1 unspecified atom stereocenters. The standard InChI is InChI=1S/C21H25F3N6O/c1-14-4-2-3-9-30(14)18-8-7-17(26-27-18)28-10-12-29(13-11-28)21(31)25-16-6-5-15(22)19(23)20(16)24/h5-8,14H,2-4,9-13H2,1H3,(H,25,31). The lowest BCUT2D eigenvalue weighted by Gasteiger charge is -2.36. The molecule has 1 aromatic heterocycles. The highest BCUT2D eigenvalue weighted by atomic mass is 19.2. The van der Waals surface area contributed by atoms with Crippen LogP contribution in [0.4, 0.5) is 35.3 Å². The highest BCUT2D eigenvalue weighted by Crippen LogP contribution is 2.24. The van der Waals surface area contributed by atoms with Gasteiger partial charge in [-0.1, -0.05) is 0 Å². The largest absolute Gasteiger partial charge is 0.352 e. The summed E-state index contributed by atoms with van der Waals surface area (Å²) >= 11 is 0. The molecule has 0 spiro atoms. The summed E-state index contributed by atoms with van der Waals surface area (Å²) in [5, 5.41) is 11.1. The average Bonchev–Trinajstić information content (AvgIpc) is 2.80. The minimum atomic E-state index is -1.61. The summed E-state index contributed by atoms with van der Waals surface area (Å²) < 4.78 is 40.2. The molecule has 0 aliphatic carbocycles. The van der Waals surface area contributed by atoms with E-state index < -0.39 is 23.5 Å². The minimum absolute atomic E-state index is 0.379. The third-order valence-electron chi connectivity index (χ3n) is 5.90. The van der Waals surface area contributed by atoms with Gasteiger partial charge in [0.1, 0.15) is 0 Å². The SMILES string of the molecule is CC1CCCCN1c1ccc(N2CCN(C(=O)Nc3ccc(F)c(F)c3F)CC2)nn1. The zero-order valence-electron chi connectivity index (χ0n) is 17.3. The van der Waals surface area contributed by atoms with Crippen LogP contribution in [0.25, 0.3) is 0 Å². The Balaban J connectivity index is 1.33. The molecule has 10 heteroatoms. The van der Waals surface area contributed by atoms with E-state index in [4.69, 9.17) is 0 Å². The number of urea groups is 1. The summed E-state index contributed by atoms with van der Waals surface area (Å²) in [4.78, 5) is 18.2. The van der Waals surface area contributed by atoms with Crippen LogP contribution >= 0.6 is 0 Å². The van der Waals surface area contributed by atoms with Crippen LogP contribution in [0.3, 0.4) is 0 Å². The summed E-state index contributed by atoms with van der Waals surface area (Å²) in [5.74, 6) is -2.71. The van der Waals surface area contributed by atoms with Crippen LogP contribution in [0.5, 0.6) is 0 Å². The number of carbonyl (C=O) groups excluding carboxylic acids is 1. The van der Waals surface area contributed by atoms with Crippen molar-refractivity contribution in [3.63, 3.8) is 0 Å². The van der Waals surface area contributed by atoms with Gasteiger partial charge in [0.25, 0.3) is 0 Å². The van der Waals surface area contributed by atoms with E-state index in [0.29, 0.717) is 32.2 Å². The van der Waals surface area contributed by atoms with Gasteiger partial charge in [0.15, 0.2) is 29.1 Å². The number of rotatable bonds is 3. The van der Waals surface area contributed by atoms with Gasteiger partial charge in [-0.05, 0) is 50.5 Å². The normalized spacial score (nSPS) is 19.5. The number of anilines is 3. The number of piperidine rings is 1. The second kappa shape index (κ2) is 8.99. The maximum Gasteiger partial charge on any atom is 0.322 e. The fourth-order valence-corrected chi connectivity index (χ4v) is 4.03. The molecule has 3 heterocycles. The van der Waals surface area contributed by atoms with Crippen molar-refractivity contribution in [2.24, 2.45) is 0 Å². The van der Waals surface area contributed by atoms with E-state index in [2.05, 4.69) is 27.3 Å². The van der Waals surface area contributed by atoms with E-state index in [1.165, 1.54) is 11.3 Å². The lowest BCUT2D eigenvalue weighted by Crippen LogP contribution is -2.50. The van der Waals surface area contributed by atoms with Crippen molar-refractivity contribution in [3.05, 3.63) is 41.7 Å². The van der Waals surface area contributed by atoms with Gasteiger partial charge in [-0.15, -0.1) is 10.2 Å². The number of carbonyl (C=O) groups is 1. The minimum Gasteiger partial charge on any atom is -0.352 e. The van der Waals surface area contributed by atoms with Crippen LogP contribution in [-0.2, 0) is 0 Å². The second-order valence-corrected chi connectivity index (χ2v) is 7.92. The van der Waals surface area contributed by atoms with Gasteiger partial charge in [0, 0.05) is 38.8 Å². The van der Waals surface area contributed by atoms with Crippen molar-refractivity contribution in [2.45, 2.75) is 32.2 Å². The first-order chi connectivity index (χ1) is 14.9. The van der Waals surface area contributed by atoms with Gasteiger partial charge < -0.3 is 20.0 Å². The van der Waals surface area contributed by atoms with E-state index in [0.717, 1.165) is 43.2 Å². The zero-order chi connectivity index (χ0) is 22.0. The Morgan fingerprint density at radius 2 is 1.65 bits per heavy atom. The highest BCUT2D eigenvalue weighted by molar-refractivity contribution is 5.89. The lowest BCUT2D eigenvalue weighted by atomic mass is 10.0. The van der Waals surface area contributed by atoms with Crippen molar-refractivity contribution < 1.29 is 18.0 Å². The maximum atomic E-state index is 13.8. The molecule has 31 heavy (non-hydrogen) atoms.